The largest absolute Gasteiger partial charge is 0.496 e. The fourth-order valence-corrected chi connectivity index (χ4v) is 2.92. The summed E-state index contributed by atoms with van der Waals surface area (Å²) in [6.07, 6.45) is 0.317. The smallest absolute Gasteiger partial charge is 0.126 e. The lowest BCUT2D eigenvalue weighted by Crippen LogP contribution is -2.00. The summed E-state index contributed by atoms with van der Waals surface area (Å²) >= 11 is 7.53. The van der Waals surface area contributed by atoms with Gasteiger partial charge in [0.1, 0.15) is 11.9 Å². The second-order valence-electron chi connectivity index (χ2n) is 3.95. The Morgan fingerprint density at radius 2 is 2.11 bits per heavy atom. The van der Waals surface area contributed by atoms with Crippen LogP contribution in [0.25, 0.3) is 0 Å². The van der Waals surface area contributed by atoms with Crippen LogP contribution in [0.2, 0.25) is 5.02 Å². The van der Waals surface area contributed by atoms with E-state index in [4.69, 9.17) is 16.3 Å². The lowest BCUT2D eigenvalue weighted by atomic mass is 10.1. The van der Waals surface area contributed by atoms with Gasteiger partial charge in [-0.25, -0.2) is 0 Å². The molecule has 0 saturated carbocycles. The molecule has 18 heavy (non-hydrogen) atoms. The normalized spacial score (nSPS) is 12.4. The molecule has 4 heteroatoms. The van der Waals surface area contributed by atoms with Crippen molar-refractivity contribution in [1.82, 2.24) is 0 Å². The van der Waals surface area contributed by atoms with E-state index in [1.54, 1.807) is 36.6 Å². The van der Waals surface area contributed by atoms with E-state index in [1.807, 2.05) is 12.1 Å². The van der Waals surface area contributed by atoms with E-state index in [9.17, 15) is 5.11 Å². The Kier molecular flexibility index (Phi) is 4.27. The van der Waals surface area contributed by atoms with E-state index >= 15 is 0 Å². The van der Waals surface area contributed by atoms with Crippen molar-refractivity contribution < 1.29 is 9.84 Å². The SMILES string of the molecule is CCc1ccc(C(O)c2ccc(Cl)cc2OC)s1. The minimum atomic E-state index is -0.664. The Balaban J connectivity index is 2.35. The summed E-state index contributed by atoms with van der Waals surface area (Å²) < 4.78 is 5.26. The quantitative estimate of drug-likeness (QED) is 0.916. The number of hydrogen-bond acceptors (Lipinski definition) is 3. The van der Waals surface area contributed by atoms with Crippen molar-refractivity contribution in [3.8, 4) is 5.75 Å². The van der Waals surface area contributed by atoms with Crippen LogP contribution in [0.15, 0.2) is 30.3 Å². The third kappa shape index (κ3) is 2.69. The van der Waals surface area contributed by atoms with Crippen molar-refractivity contribution in [2.45, 2.75) is 19.4 Å². The number of aryl methyl sites for hydroxylation is 1. The van der Waals surface area contributed by atoms with Gasteiger partial charge in [-0.3, -0.25) is 0 Å². The van der Waals surface area contributed by atoms with Crippen LogP contribution in [0.3, 0.4) is 0 Å². The van der Waals surface area contributed by atoms with Gasteiger partial charge in [0.05, 0.1) is 7.11 Å². The molecular formula is C14H15ClO2S. The Morgan fingerprint density at radius 1 is 1.33 bits per heavy atom. The minimum Gasteiger partial charge on any atom is -0.496 e. The van der Waals surface area contributed by atoms with Crippen molar-refractivity contribution in [3.05, 3.63) is 50.7 Å². The molecule has 1 heterocycles. The molecule has 0 aliphatic rings. The van der Waals surface area contributed by atoms with Crippen LogP contribution in [0, 0.1) is 0 Å². The number of benzene rings is 1. The number of rotatable bonds is 4. The highest BCUT2D eigenvalue weighted by Crippen LogP contribution is 2.35. The van der Waals surface area contributed by atoms with Gasteiger partial charge in [-0.15, -0.1) is 11.3 Å². The van der Waals surface area contributed by atoms with Crippen LogP contribution in [0.4, 0.5) is 0 Å². The van der Waals surface area contributed by atoms with Gasteiger partial charge in [-0.05, 0) is 30.7 Å². The summed E-state index contributed by atoms with van der Waals surface area (Å²) in [6, 6.07) is 9.29. The van der Waals surface area contributed by atoms with E-state index in [1.165, 1.54) is 4.88 Å². The zero-order chi connectivity index (χ0) is 13.1. The van der Waals surface area contributed by atoms with Gasteiger partial charge in [-0.2, -0.15) is 0 Å². The van der Waals surface area contributed by atoms with Crippen LogP contribution < -0.4 is 4.74 Å². The molecule has 0 spiro atoms. The van der Waals surface area contributed by atoms with Crippen molar-refractivity contribution in [1.29, 1.82) is 0 Å². The molecule has 0 radical (unpaired) electrons. The van der Waals surface area contributed by atoms with Crippen LogP contribution in [-0.2, 0) is 6.42 Å². The summed E-state index contributed by atoms with van der Waals surface area (Å²) in [4.78, 5) is 2.18. The molecule has 0 amide bonds. The zero-order valence-corrected chi connectivity index (χ0v) is 11.9. The molecule has 0 aliphatic heterocycles. The molecule has 96 valence electrons. The van der Waals surface area contributed by atoms with Crippen molar-refractivity contribution in [2.75, 3.05) is 7.11 Å². The van der Waals surface area contributed by atoms with Crippen LogP contribution in [0.5, 0.6) is 5.75 Å². The van der Waals surface area contributed by atoms with Crippen LogP contribution in [0.1, 0.15) is 28.3 Å². The van der Waals surface area contributed by atoms with E-state index < -0.39 is 6.10 Å². The molecule has 0 aliphatic carbocycles. The highest BCUT2D eigenvalue weighted by atomic mass is 35.5. The number of aliphatic hydroxyl groups excluding tert-OH is 1. The molecule has 0 saturated heterocycles. The summed E-state index contributed by atoms with van der Waals surface area (Å²) in [5.74, 6) is 0.612. The van der Waals surface area contributed by atoms with Crippen molar-refractivity contribution in [2.24, 2.45) is 0 Å². The van der Waals surface area contributed by atoms with Gasteiger partial charge in [0.2, 0.25) is 0 Å². The first-order chi connectivity index (χ1) is 8.65. The molecular weight excluding hydrogens is 268 g/mol. The number of hydrogen-bond donors (Lipinski definition) is 1. The molecule has 2 rings (SSSR count). The Labute approximate surface area is 116 Å². The van der Waals surface area contributed by atoms with E-state index in [-0.39, 0.29) is 0 Å². The highest BCUT2D eigenvalue weighted by Gasteiger charge is 2.17. The fraction of sp³-hybridized carbons (Fsp3) is 0.286. The first kappa shape index (κ1) is 13.4. The molecule has 0 fully saturated rings. The predicted molar refractivity (Wildman–Crippen MR) is 75.8 cm³/mol. The van der Waals surface area contributed by atoms with E-state index in [0.717, 1.165) is 16.9 Å². The average Bonchev–Trinajstić information content (AvgIpc) is 2.86. The maximum atomic E-state index is 10.4. The van der Waals surface area contributed by atoms with E-state index in [0.29, 0.717) is 10.8 Å². The summed E-state index contributed by atoms with van der Waals surface area (Å²) in [6.45, 7) is 2.10. The molecule has 0 bridgehead atoms. The number of halogens is 1. The van der Waals surface area contributed by atoms with Gasteiger partial charge in [-0.1, -0.05) is 24.6 Å². The van der Waals surface area contributed by atoms with Crippen LogP contribution >= 0.6 is 22.9 Å². The summed E-state index contributed by atoms with van der Waals surface area (Å²) in [5.41, 5.74) is 0.742. The highest BCUT2D eigenvalue weighted by molar-refractivity contribution is 7.12. The summed E-state index contributed by atoms with van der Waals surface area (Å²) in [5, 5.41) is 11.0. The molecule has 1 aromatic carbocycles. The fourth-order valence-electron chi connectivity index (χ4n) is 1.80. The first-order valence-corrected chi connectivity index (χ1v) is 6.95. The Hall–Kier alpha value is -1.03. The monoisotopic (exact) mass is 282 g/mol. The van der Waals surface area contributed by atoms with Gasteiger partial charge in [0.25, 0.3) is 0 Å². The van der Waals surface area contributed by atoms with Gasteiger partial charge < -0.3 is 9.84 Å². The standard InChI is InChI=1S/C14H15ClO2S/c1-3-10-5-7-13(18-10)14(16)11-6-4-9(15)8-12(11)17-2/h4-8,14,16H,3H2,1-2H3. The molecule has 1 N–H and O–H groups in total. The number of methoxy groups -OCH3 is 1. The van der Waals surface area contributed by atoms with E-state index in [2.05, 4.69) is 6.92 Å². The second-order valence-corrected chi connectivity index (χ2v) is 5.58. The molecule has 1 aromatic heterocycles. The number of thiophene rings is 1. The average molecular weight is 283 g/mol. The topological polar surface area (TPSA) is 29.5 Å². The number of ether oxygens (including phenoxy) is 1. The van der Waals surface area contributed by atoms with Crippen LogP contribution in [-0.4, -0.2) is 12.2 Å². The lowest BCUT2D eigenvalue weighted by molar-refractivity contribution is 0.218. The Morgan fingerprint density at radius 3 is 2.72 bits per heavy atom. The first-order valence-electron chi connectivity index (χ1n) is 5.75. The molecule has 2 aromatic rings. The Bertz CT molecular complexity index is 536. The van der Waals surface area contributed by atoms with Crippen molar-refractivity contribution >= 4 is 22.9 Å². The molecule has 1 atom stereocenters. The summed E-state index contributed by atoms with van der Waals surface area (Å²) in [7, 11) is 1.58. The lowest BCUT2D eigenvalue weighted by Gasteiger charge is -2.13. The zero-order valence-electron chi connectivity index (χ0n) is 10.3. The molecule has 2 nitrogen and oxygen atoms in total. The maximum absolute atomic E-state index is 10.4. The predicted octanol–water partition coefficient (Wildman–Crippen LogP) is 4.05. The minimum absolute atomic E-state index is 0.600. The maximum Gasteiger partial charge on any atom is 0.126 e. The third-order valence-electron chi connectivity index (χ3n) is 2.79. The third-order valence-corrected chi connectivity index (χ3v) is 4.31. The van der Waals surface area contributed by atoms with Crippen molar-refractivity contribution in [3.63, 3.8) is 0 Å². The number of aliphatic hydroxyl groups is 1. The molecule has 1 unspecified atom stereocenters. The van der Waals surface area contributed by atoms with Gasteiger partial charge in [0.15, 0.2) is 0 Å². The van der Waals surface area contributed by atoms with Gasteiger partial charge in [0, 0.05) is 20.3 Å². The second kappa shape index (κ2) is 5.74. The van der Waals surface area contributed by atoms with Gasteiger partial charge >= 0.3 is 0 Å².